The molecule has 0 bridgehead atoms. The smallest absolute Gasteiger partial charge is 0.0695 e. The van der Waals surface area contributed by atoms with Crippen LogP contribution in [0.5, 0.6) is 0 Å². The third kappa shape index (κ3) is 4.19. The molecule has 1 aliphatic carbocycles. The molecule has 0 saturated heterocycles. The summed E-state index contributed by atoms with van der Waals surface area (Å²) in [6, 6.07) is 20.8. The lowest BCUT2D eigenvalue weighted by Crippen LogP contribution is -2.23. The molecule has 0 saturated carbocycles. The molecular weight excluding hydrogens is 400 g/mol. The van der Waals surface area contributed by atoms with Gasteiger partial charge in [-0.1, -0.05) is 105 Å². The van der Waals surface area contributed by atoms with Gasteiger partial charge in [0.25, 0.3) is 0 Å². The topological polar surface area (TPSA) is 0 Å². The van der Waals surface area contributed by atoms with Crippen molar-refractivity contribution in [2.45, 2.75) is 55.4 Å². The lowest BCUT2D eigenvalue weighted by atomic mass is 9.91. The largest absolute Gasteiger partial charge is 0.117 e. The van der Waals surface area contributed by atoms with Crippen LogP contribution in [-0.4, -0.2) is 9.52 Å². The van der Waals surface area contributed by atoms with E-state index in [1.165, 1.54) is 66.4 Å². The average molecular weight is 435 g/mol. The summed E-state index contributed by atoms with van der Waals surface area (Å²) < 4.78 is 0. The van der Waals surface area contributed by atoms with Gasteiger partial charge in [0, 0.05) is 0 Å². The second-order valence-electron chi connectivity index (χ2n) is 9.67. The molecule has 1 unspecified atom stereocenters. The van der Waals surface area contributed by atoms with Crippen molar-refractivity contribution in [1.82, 2.24) is 0 Å². The van der Waals surface area contributed by atoms with Crippen molar-refractivity contribution in [2.75, 3.05) is 0 Å². The maximum atomic E-state index is 2.38. The molecule has 0 spiro atoms. The fourth-order valence-electron chi connectivity index (χ4n) is 5.17. The molecular formula is C31H34Si. The second-order valence-corrected chi connectivity index (χ2v) is 11.0. The number of rotatable bonds is 4. The molecule has 4 rings (SSSR count). The first-order chi connectivity index (χ1) is 15.2. The molecule has 1 aliphatic rings. The predicted molar refractivity (Wildman–Crippen MR) is 142 cm³/mol. The zero-order chi connectivity index (χ0) is 23.2. The average Bonchev–Trinajstić information content (AvgIpc) is 2.90. The van der Waals surface area contributed by atoms with Crippen molar-refractivity contribution < 1.29 is 0 Å². The number of allylic oxidation sites excluding steroid dienone is 4. The highest BCUT2D eigenvalue weighted by Gasteiger charge is 2.25. The van der Waals surface area contributed by atoms with Crippen LogP contribution >= 0.6 is 0 Å². The Labute approximate surface area is 196 Å². The van der Waals surface area contributed by atoms with Crippen LogP contribution in [0, 0.1) is 33.6 Å². The summed E-state index contributed by atoms with van der Waals surface area (Å²) in [6.45, 7) is 18.1. The molecule has 2 radical (unpaired) electrons. The first-order valence-corrected chi connectivity index (χ1v) is 12.6. The lowest BCUT2D eigenvalue weighted by molar-refractivity contribution is 0.856. The van der Waals surface area contributed by atoms with Crippen LogP contribution in [0.25, 0.3) is 22.3 Å². The van der Waals surface area contributed by atoms with E-state index in [4.69, 9.17) is 0 Å². The molecule has 0 N–H and O–H groups in total. The van der Waals surface area contributed by atoms with Crippen LogP contribution in [-0.2, 0) is 0 Å². The second kappa shape index (κ2) is 8.71. The Bertz CT molecular complexity index is 1230. The molecule has 162 valence electrons. The van der Waals surface area contributed by atoms with Crippen LogP contribution < -0.4 is 5.19 Å². The van der Waals surface area contributed by atoms with Crippen molar-refractivity contribution in [1.29, 1.82) is 0 Å². The summed E-state index contributed by atoms with van der Waals surface area (Å²) in [5.74, 6) is 0.533. The first-order valence-electron chi connectivity index (χ1n) is 11.6. The molecule has 0 aromatic heterocycles. The zero-order valence-electron chi connectivity index (χ0n) is 20.8. The molecule has 0 nitrogen and oxygen atoms in total. The summed E-state index contributed by atoms with van der Waals surface area (Å²) in [5, 5.41) is 3.05. The van der Waals surface area contributed by atoms with Gasteiger partial charge in [0.1, 0.15) is 9.52 Å². The van der Waals surface area contributed by atoms with E-state index in [-0.39, 0.29) is 0 Å². The fourth-order valence-corrected chi connectivity index (χ4v) is 6.85. The van der Waals surface area contributed by atoms with Crippen LogP contribution in [0.4, 0.5) is 0 Å². The summed E-state index contributed by atoms with van der Waals surface area (Å²) in [7, 11) is 0.682. The minimum atomic E-state index is 0.533. The highest BCUT2D eigenvalue weighted by molar-refractivity contribution is 6.63. The van der Waals surface area contributed by atoms with Crippen LogP contribution in [0.3, 0.4) is 0 Å². The normalized spacial score (nSPS) is 16.3. The third-order valence-corrected chi connectivity index (χ3v) is 8.78. The van der Waals surface area contributed by atoms with Crippen LogP contribution in [0.1, 0.15) is 49.9 Å². The van der Waals surface area contributed by atoms with Crippen molar-refractivity contribution in [3.8, 4) is 22.3 Å². The molecule has 0 amide bonds. The van der Waals surface area contributed by atoms with Gasteiger partial charge in [-0.05, 0) is 82.2 Å². The van der Waals surface area contributed by atoms with E-state index in [1.807, 2.05) is 0 Å². The molecule has 32 heavy (non-hydrogen) atoms. The Morgan fingerprint density at radius 1 is 0.625 bits per heavy atom. The molecule has 0 fully saturated rings. The Morgan fingerprint density at radius 3 is 1.66 bits per heavy atom. The Hall–Kier alpha value is -2.64. The van der Waals surface area contributed by atoms with Crippen molar-refractivity contribution in [3.05, 3.63) is 98.8 Å². The van der Waals surface area contributed by atoms with E-state index in [1.54, 1.807) is 5.20 Å². The highest BCUT2D eigenvalue weighted by Crippen LogP contribution is 2.37. The summed E-state index contributed by atoms with van der Waals surface area (Å²) in [5.41, 5.74) is 15.2. The molecule has 3 aromatic rings. The monoisotopic (exact) mass is 434 g/mol. The summed E-state index contributed by atoms with van der Waals surface area (Å²) in [4.78, 5) is 0. The van der Waals surface area contributed by atoms with Gasteiger partial charge >= 0.3 is 0 Å². The minimum absolute atomic E-state index is 0.533. The van der Waals surface area contributed by atoms with E-state index in [2.05, 4.69) is 110 Å². The van der Waals surface area contributed by atoms with Crippen molar-refractivity contribution in [2.24, 2.45) is 5.92 Å². The quantitative estimate of drug-likeness (QED) is 0.367. The predicted octanol–water partition coefficient (Wildman–Crippen LogP) is 7.84. The van der Waals surface area contributed by atoms with Gasteiger partial charge in [-0.2, -0.15) is 0 Å². The maximum absolute atomic E-state index is 2.38. The zero-order valence-corrected chi connectivity index (χ0v) is 21.8. The lowest BCUT2D eigenvalue weighted by Gasteiger charge is -2.20. The summed E-state index contributed by atoms with van der Waals surface area (Å²) in [6.07, 6.45) is 0. The van der Waals surface area contributed by atoms with Gasteiger partial charge in [0.15, 0.2) is 0 Å². The van der Waals surface area contributed by atoms with Gasteiger partial charge in [-0.15, -0.1) is 0 Å². The van der Waals surface area contributed by atoms with Crippen LogP contribution in [0.15, 0.2) is 76.5 Å². The van der Waals surface area contributed by atoms with E-state index < -0.39 is 0 Å². The van der Waals surface area contributed by atoms with Gasteiger partial charge in [-0.25, -0.2) is 0 Å². The van der Waals surface area contributed by atoms with Gasteiger partial charge in [0.05, 0.1) is 0 Å². The highest BCUT2D eigenvalue weighted by atomic mass is 28.2. The van der Waals surface area contributed by atoms with Gasteiger partial charge in [-0.3, -0.25) is 0 Å². The standard InChI is InChI=1S/C31H34Si/c1-18-12-19(2)15-26(14-18)28-10-9-11-29(30(28)27-16-20(3)13-21(4)17-27)32-31-24(7)22(5)23(6)25(31)8/h9-17,24H,1-8H3. The fraction of sp³-hybridized carbons (Fsp3) is 0.290. The van der Waals surface area contributed by atoms with Gasteiger partial charge < -0.3 is 0 Å². The van der Waals surface area contributed by atoms with Crippen LogP contribution in [0.2, 0.25) is 0 Å². The Kier molecular flexibility index (Phi) is 6.14. The number of hydrogen-bond donors (Lipinski definition) is 0. The maximum Gasteiger partial charge on any atom is 0.117 e. The van der Waals surface area contributed by atoms with E-state index in [0.717, 1.165) is 0 Å². The van der Waals surface area contributed by atoms with Gasteiger partial charge in [0.2, 0.25) is 0 Å². The molecule has 1 heteroatoms. The third-order valence-electron chi connectivity index (χ3n) is 7.02. The number of benzene rings is 3. The molecule has 3 aromatic carbocycles. The molecule has 0 heterocycles. The minimum Gasteiger partial charge on any atom is -0.0695 e. The first kappa shape index (κ1) is 22.5. The van der Waals surface area contributed by atoms with Crippen molar-refractivity contribution >= 4 is 14.7 Å². The summed E-state index contributed by atoms with van der Waals surface area (Å²) >= 11 is 0. The number of aryl methyl sites for hydroxylation is 4. The SMILES string of the molecule is CC1=C(C)C(C)C([Si]c2cccc(-c3cc(C)cc(C)c3)c2-c2cc(C)cc(C)c2)=C1C. The molecule has 1 atom stereocenters. The number of hydrogen-bond acceptors (Lipinski definition) is 0. The Balaban J connectivity index is 1.95. The van der Waals surface area contributed by atoms with E-state index in [0.29, 0.717) is 15.4 Å². The van der Waals surface area contributed by atoms with E-state index in [9.17, 15) is 0 Å². The van der Waals surface area contributed by atoms with Crippen molar-refractivity contribution in [3.63, 3.8) is 0 Å². The Morgan fingerprint density at radius 2 is 1.16 bits per heavy atom. The van der Waals surface area contributed by atoms with E-state index >= 15 is 0 Å². The molecule has 0 aliphatic heterocycles.